The van der Waals surface area contributed by atoms with Gasteiger partial charge in [0.1, 0.15) is 6.01 Å². The topological polar surface area (TPSA) is 24.7 Å². The van der Waals surface area contributed by atoms with Crippen LogP contribution in [0.2, 0.25) is 10.0 Å². The van der Waals surface area contributed by atoms with Crippen molar-refractivity contribution in [3.05, 3.63) is 56.6 Å². The maximum Gasteiger partial charge on any atom is 0.101 e. The maximum atomic E-state index is 6.33. The number of aryl methyl sites for hydroxylation is 2. The molecule has 0 saturated heterocycles. The number of nitrogens with zero attached hydrogens (tertiary/aromatic N) is 2. The highest BCUT2D eigenvalue weighted by Crippen LogP contribution is 2.33. The molecule has 4 heteroatoms. The average Bonchev–Trinajstić information content (AvgIpc) is 2.62. The van der Waals surface area contributed by atoms with Gasteiger partial charge in [-0.3, -0.25) is 0 Å². The number of rotatable bonds is 6. The van der Waals surface area contributed by atoms with Gasteiger partial charge in [-0.15, -0.1) is 0 Å². The molecule has 0 radical (unpaired) electrons. The van der Waals surface area contributed by atoms with E-state index in [4.69, 9.17) is 23.2 Å². The summed E-state index contributed by atoms with van der Waals surface area (Å²) in [5.74, 6) is 0. The quantitative estimate of drug-likeness (QED) is 0.471. The molecule has 0 aliphatic carbocycles. The normalized spacial score (nSPS) is 10.5. The third kappa shape index (κ3) is 4.33. The molecule has 0 amide bonds. The second-order valence-corrected chi connectivity index (χ2v) is 6.62. The van der Waals surface area contributed by atoms with Crippen molar-refractivity contribution in [3.8, 4) is 0 Å². The Morgan fingerprint density at radius 2 is 1.08 bits per heavy atom. The second kappa shape index (κ2) is 9.20. The monoisotopic (exact) mass is 374 g/mol. The van der Waals surface area contributed by atoms with E-state index in [1.165, 1.54) is 0 Å². The minimum atomic E-state index is 0.742. The molecule has 0 spiro atoms. The van der Waals surface area contributed by atoms with Gasteiger partial charge >= 0.3 is 0 Å². The van der Waals surface area contributed by atoms with Crippen molar-refractivity contribution in [1.82, 2.24) is 0 Å². The molecule has 0 aliphatic rings. The highest BCUT2D eigenvalue weighted by Gasteiger charge is 2.10. The van der Waals surface area contributed by atoms with E-state index in [1.54, 1.807) is 0 Å². The third-order valence-electron chi connectivity index (χ3n) is 4.41. The van der Waals surface area contributed by atoms with E-state index in [2.05, 4.69) is 43.7 Å². The van der Waals surface area contributed by atoms with Crippen molar-refractivity contribution in [2.45, 2.75) is 53.4 Å². The predicted octanol–water partition coefficient (Wildman–Crippen LogP) is 7.38. The van der Waals surface area contributed by atoms with E-state index < -0.39 is 0 Å². The number of hydrogen-bond donors (Lipinski definition) is 0. The predicted molar refractivity (Wildman–Crippen MR) is 110 cm³/mol. The van der Waals surface area contributed by atoms with E-state index in [0.717, 1.165) is 69.4 Å². The van der Waals surface area contributed by atoms with Crippen molar-refractivity contribution in [2.24, 2.45) is 9.98 Å². The van der Waals surface area contributed by atoms with Gasteiger partial charge in [0.25, 0.3) is 0 Å². The Balaban J connectivity index is 2.58. The fraction of sp³-hybridized carbons (Fsp3) is 0.381. The average molecular weight is 375 g/mol. The van der Waals surface area contributed by atoms with Crippen molar-refractivity contribution in [3.63, 3.8) is 0 Å². The first kappa shape index (κ1) is 19.7. The summed E-state index contributed by atoms with van der Waals surface area (Å²) in [5, 5.41) is 1.48. The SMILES string of the molecule is CCc1ccc(Cl)c(CC)c1N=C=Nc1c(CC)ccc(Cl)c1CC. The summed E-state index contributed by atoms with van der Waals surface area (Å²) in [4.78, 5) is 9.08. The molecule has 0 N–H and O–H groups in total. The maximum absolute atomic E-state index is 6.33. The summed E-state index contributed by atoms with van der Waals surface area (Å²) >= 11 is 12.7. The van der Waals surface area contributed by atoms with Gasteiger partial charge < -0.3 is 0 Å². The van der Waals surface area contributed by atoms with E-state index in [1.807, 2.05) is 24.3 Å². The fourth-order valence-corrected chi connectivity index (χ4v) is 3.54. The summed E-state index contributed by atoms with van der Waals surface area (Å²) in [6.07, 6.45) is 3.43. The Morgan fingerprint density at radius 1 is 0.680 bits per heavy atom. The summed E-state index contributed by atoms with van der Waals surface area (Å²) in [5.41, 5.74) is 6.17. The molecule has 132 valence electrons. The molecular formula is C21H24Cl2N2. The lowest BCUT2D eigenvalue weighted by Gasteiger charge is -2.10. The molecule has 25 heavy (non-hydrogen) atoms. The van der Waals surface area contributed by atoms with E-state index in [-0.39, 0.29) is 0 Å². The van der Waals surface area contributed by atoms with E-state index in [0.29, 0.717) is 0 Å². The van der Waals surface area contributed by atoms with Crippen LogP contribution in [0.4, 0.5) is 11.4 Å². The van der Waals surface area contributed by atoms with Crippen LogP contribution in [0.1, 0.15) is 49.9 Å². The smallest absolute Gasteiger partial charge is 0.101 e. The minimum absolute atomic E-state index is 0.742. The summed E-state index contributed by atoms with van der Waals surface area (Å²) < 4.78 is 0. The van der Waals surface area contributed by atoms with Crippen LogP contribution in [0.3, 0.4) is 0 Å². The summed E-state index contributed by atoms with van der Waals surface area (Å²) in [7, 11) is 0. The van der Waals surface area contributed by atoms with Crippen LogP contribution in [0.5, 0.6) is 0 Å². The lowest BCUT2D eigenvalue weighted by Crippen LogP contribution is -1.91. The Kier molecular flexibility index (Phi) is 7.25. The van der Waals surface area contributed by atoms with Crippen LogP contribution in [0.25, 0.3) is 0 Å². The van der Waals surface area contributed by atoms with Crippen LogP contribution in [-0.2, 0) is 25.7 Å². The van der Waals surface area contributed by atoms with Crippen LogP contribution in [-0.4, -0.2) is 6.01 Å². The molecule has 0 aromatic heterocycles. The molecule has 2 rings (SSSR count). The Bertz CT molecular complexity index is 754. The van der Waals surface area contributed by atoms with Crippen molar-refractivity contribution < 1.29 is 0 Å². The van der Waals surface area contributed by atoms with Gasteiger partial charge in [-0.05, 0) is 60.1 Å². The van der Waals surface area contributed by atoms with Gasteiger partial charge in [0.15, 0.2) is 0 Å². The lowest BCUT2D eigenvalue weighted by molar-refractivity contribution is 1.08. The fourth-order valence-electron chi connectivity index (χ4n) is 2.97. The first-order valence-electron chi connectivity index (χ1n) is 8.84. The molecule has 0 saturated carbocycles. The molecule has 2 nitrogen and oxygen atoms in total. The zero-order chi connectivity index (χ0) is 18.4. The van der Waals surface area contributed by atoms with Crippen molar-refractivity contribution in [2.75, 3.05) is 0 Å². The Labute approximate surface area is 160 Å². The number of halogens is 2. The van der Waals surface area contributed by atoms with Gasteiger partial charge in [0.05, 0.1) is 11.4 Å². The third-order valence-corrected chi connectivity index (χ3v) is 5.12. The zero-order valence-corrected chi connectivity index (χ0v) is 16.8. The molecule has 0 atom stereocenters. The molecule has 2 aromatic rings. The molecule has 0 fully saturated rings. The van der Waals surface area contributed by atoms with Crippen LogP contribution in [0.15, 0.2) is 34.3 Å². The van der Waals surface area contributed by atoms with Gasteiger partial charge in [-0.1, -0.05) is 63.0 Å². The van der Waals surface area contributed by atoms with Crippen LogP contribution < -0.4 is 0 Å². The minimum Gasteiger partial charge on any atom is -0.187 e. The first-order valence-corrected chi connectivity index (χ1v) is 9.59. The van der Waals surface area contributed by atoms with Gasteiger partial charge in [-0.2, -0.15) is 9.98 Å². The molecular weight excluding hydrogens is 351 g/mol. The molecule has 0 unspecified atom stereocenters. The van der Waals surface area contributed by atoms with Gasteiger partial charge in [0.2, 0.25) is 0 Å². The van der Waals surface area contributed by atoms with Crippen LogP contribution >= 0.6 is 23.2 Å². The molecule has 0 aliphatic heterocycles. The first-order chi connectivity index (χ1) is 12.1. The highest BCUT2D eigenvalue weighted by atomic mass is 35.5. The van der Waals surface area contributed by atoms with Crippen molar-refractivity contribution in [1.29, 1.82) is 0 Å². The Hall–Kier alpha value is -1.60. The van der Waals surface area contributed by atoms with Crippen molar-refractivity contribution >= 4 is 40.6 Å². The summed E-state index contributed by atoms with van der Waals surface area (Å²) in [6.45, 7) is 8.39. The molecule has 0 bridgehead atoms. The number of hydrogen-bond acceptors (Lipinski definition) is 2. The van der Waals surface area contributed by atoms with Crippen LogP contribution in [0, 0.1) is 0 Å². The van der Waals surface area contributed by atoms with Gasteiger partial charge in [-0.25, -0.2) is 0 Å². The molecule has 2 aromatic carbocycles. The van der Waals surface area contributed by atoms with E-state index >= 15 is 0 Å². The molecule has 0 heterocycles. The van der Waals surface area contributed by atoms with Gasteiger partial charge in [0, 0.05) is 10.0 Å². The Morgan fingerprint density at radius 3 is 1.40 bits per heavy atom. The standard InChI is InChI=1S/C21H24Cl2N2/c1-5-14-9-11-18(22)16(7-3)20(14)24-13-25-21-15(6-2)10-12-19(23)17(21)8-4/h9-12H,5-8H2,1-4H3. The zero-order valence-electron chi connectivity index (χ0n) is 15.3. The largest absolute Gasteiger partial charge is 0.187 e. The van der Waals surface area contributed by atoms with E-state index in [9.17, 15) is 0 Å². The number of benzene rings is 2. The summed E-state index contributed by atoms with van der Waals surface area (Å²) in [6, 6.07) is 10.8. The number of aliphatic imine (C=N–C) groups is 2. The highest BCUT2D eigenvalue weighted by molar-refractivity contribution is 6.32. The second-order valence-electron chi connectivity index (χ2n) is 5.81. The lowest BCUT2D eigenvalue weighted by atomic mass is 10.0.